The van der Waals surface area contributed by atoms with E-state index in [9.17, 15) is 9.59 Å². The Morgan fingerprint density at radius 2 is 1.57 bits per heavy atom. The standard InChI is InChI=1S/C28H25N3O2S2/c1-19-26(22-11-7-4-8-12-22)30-28(35-19)31-27(33)20(2)34-24-16-14-23(15-17-24)29-25(32)18-13-21-9-5-3-6-10-21/h3-18,20H,1-2H3,(H,29,32)(H,30,31,33)/b18-13+. The molecule has 1 heterocycles. The monoisotopic (exact) mass is 499 g/mol. The molecule has 0 aliphatic carbocycles. The molecule has 0 saturated carbocycles. The normalized spacial score (nSPS) is 11.8. The number of carbonyl (C=O) groups excluding carboxylic acids is 2. The van der Waals surface area contributed by atoms with Crippen molar-refractivity contribution in [1.82, 2.24) is 4.98 Å². The number of benzene rings is 3. The van der Waals surface area contributed by atoms with Crippen molar-refractivity contribution in [1.29, 1.82) is 0 Å². The number of thiazole rings is 1. The van der Waals surface area contributed by atoms with Crippen LogP contribution in [0.4, 0.5) is 10.8 Å². The molecule has 0 fully saturated rings. The number of rotatable bonds is 8. The number of hydrogen-bond donors (Lipinski definition) is 2. The second-order valence-corrected chi connectivity index (χ2v) is 10.4. The average molecular weight is 500 g/mol. The molecule has 2 amide bonds. The number of thioether (sulfide) groups is 1. The third-order valence-corrected chi connectivity index (χ3v) is 7.10. The van der Waals surface area contributed by atoms with Crippen LogP contribution in [0.2, 0.25) is 0 Å². The molecule has 3 aromatic carbocycles. The van der Waals surface area contributed by atoms with Crippen LogP contribution in [0.3, 0.4) is 0 Å². The Kier molecular flexibility index (Phi) is 8.13. The van der Waals surface area contributed by atoms with Gasteiger partial charge in [-0.15, -0.1) is 23.1 Å². The fourth-order valence-electron chi connectivity index (χ4n) is 3.32. The van der Waals surface area contributed by atoms with Crippen molar-refractivity contribution < 1.29 is 9.59 Å². The molecule has 0 saturated heterocycles. The lowest BCUT2D eigenvalue weighted by Gasteiger charge is -2.11. The molecule has 1 atom stereocenters. The first-order valence-electron chi connectivity index (χ1n) is 11.1. The molecule has 1 unspecified atom stereocenters. The van der Waals surface area contributed by atoms with Gasteiger partial charge in [-0.1, -0.05) is 60.7 Å². The molecule has 0 spiro atoms. The van der Waals surface area contributed by atoms with Gasteiger partial charge in [0.1, 0.15) is 0 Å². The van der Waals surface area contributed by atoms with Gasteiger partial charge in [0.25, 0.3) is 0 Å². The first-order valence-corrected chi connectivity index (χ1v) is 12.8. The van der Waals surface area contributed by atoms with Gasteiger partial charge in [0.15, 0.2) is 5.13 Å². The summed E-state index contributed by atoms with van der Waals surface area (Å²) in [5.74, 6) is -0.303. The molecule has 1 aromatic heterocycles. The van der Waals surface area contributed by atoms with Crippen LogP contribution in [-0.2, 0) is 9.59 Å². The zero-order valence-corrected chi connectivity index (χ0v) is 21.0. The van der Waals surface area contributed by atoms with Gasteiger partial charge >= 0.3 is 0 Å². The van der Waals surface area contributed by atoms with E-state index in [1.807, 2.05) is 98.8 Å². The Morgan fingerprint density at radius 1 is 0.914 bits per heavy atom. The lowest BCUT2D eigenvalue weighted by Crippen LogP contribution is -2.22. The summed E-state index contributed by atoms with van der Waals surface area (Å²) in [4.78, 5) is 31.5. The summed E-state index contributed by atoms with van der Waals surface area (Å²) in [6, 6.07) is 27.1. The van der Waals surface area contributed by atoms with Gasteiger partial charge in [0, 0.05) is 27.1 Å². The summed E-state index contributed by atoms with van der Waals surface area (Å²) in [6.45, 7) is 3.87. The fraction of sp³-hybridized carbons (Fsp3) is 0.107. The van der Waals surface area contributed by atoms with Crippen molar-refractivity contribution in [3.8, 4) is 11.3 Å². The molecule has 4 rings (SSSR count). The molecule has 0 bridgehead atoms. The highest BCUT2D eigenvalue weighted by Gasteiger charge is 2.18. The van der Waals surface area contributed by atoms with Crippen molar-refractivity contribution in [2.75, 3.05) is 10.6 Å². The van der Waals surface area contributed by atoms with Crippen molar-refractivity contribution in [2.45, 2.75) is 24.0 Å². The quantitative estimate of drug-likeness (QED) is 0.205. The Morgan fingerprint density at radius 3 is 2.26 bits per heavy atom. The minimum absolute atomic E-state index is 0.105. The van der Waals surface area contributed by atoms with Gasteiger partial charge in [-0.05, 0) is 49.8 Å². The number of aromatic nitrogens is 1. The van der Waals surface area contributed by atoms with Gasteiger partial charge < -0.3 is 10.6 Å². The topological polar surface area (TPSA) is 71.1 Å². The third kappa shape index (κ3) is 6.91. The number of amides is 2. The first-order chi connectivity index (χ1) is 17.0. The van der Waals surface area contributed by atoms with Crippen LogP contribution in [-0.4, -0.2) is 22.0 Å². The van der Waals surface area contributed by atoms with Crippen LogP contribution in [0, 0.1) is 6.92 Å². The van der Waals surface area contributed by atoms with E-state index in [0.29, 0.717) is 10.8 Å². The van der Waals surface area contributed by atoms with Crippen LogP contribution in [0.15, 0.2) is 95.9 Å². The fourth-order valence-corrected chi connectivity index (χ4v) is 5.02. The molecule has 4 aromatic rings. The first kappa shape index (κ1) is 24.4. The van der Waals surface area contributed by atoms with Gasteiger partial charge in [-0.2, -0.15) is 0 Å². The highest BCUT2D eigenvalue weighted by Crippen LogP contribution is 2.31. The van der Waals surface area contributed by atoms with E-state index in [1.165, 1.54) is 29.2 Å². The minimum atomic E-state index is -0.311. The molecule has 0 aliphatic rings. The van der Waals surface area contributed by atoms with Crippen molar-refractivity contribution >= 4 is 51.8 Å². The smallest absolute Gasteiger partial charge is 0.248 e. The molecular weight excluding hydrogens is 474 g/mol. The second-order valence-electron chi connectivity index (χ2n) is 7.80. The second kappa shape index (κ2) is 11.6. The van der Waals surface area contributed by atoms with Gasteiger partial charge in [0.2, 0.25) is 11.8 Å². The highest BCUT2D eigenvalue weighted by molar-refractivity contribution is 8.00. The maximum Gasteiger partial charge on any atom is 0.248 e. The summed E-state index contributed by atoms with van der Waals surface area (Å²) in [5, 5.41) is 6.08. The number of nitrogens with zero attached hydrogens (tertiary/aromatic N) is 1. The van der Waals surface area contributed by atoms with Crippen molar-refractivity contribution in [3.05, 3.63) is 101 Å². The summed E-state index contributed by atoms with van der Waals surface area (Å²) < 4.78 is 0. The molecule has 0 aliphatic heterocycles. The van der Waals surface area contributed by atoms with Gasteiger partial charge in [-0.3, -0.25) is 9.59 Å². The lowest BCUT2D eigenvalue weighted by molar-refractivity contribution is -0.115. The Balaban J connectivity index is 1.30. The largest absolute Gasteiger partial charge is 0.323 e. The van der Waals surface area contributed by atoms with Crippen molar-refractivity contribution in [3.63, 3.8) is 0 Å². The maximum absolute atomic E-state index is 12.7. The lowest BCUT2D eigenvalue weighted by atomic mass is 10.1. The maximum atomic E-state index is 12.7. The number of anilines is 2. The van der Waals surface area contributed by atoms with E-state index in [0.717, 1.165) is 26.6 Å². The molecule has 35 heavy (non-hydrogen) atoms. The van der Waals surface area contributed by atoms with Crippen LogP contribution in [0.5, 0.6) is 0 Å². The number of aryl methyl sites for hydroxylation is 1. The van der Waals surface area contributed by atoms with Crippen LogP contribution < -0.4 is 10.6 Å². The molecule has 5 nitrogen and oxygen atoms in total. The highest BCUT2D eigenvalue weighted by atomic mass is 32.2. The minimum Gasteiger partial charge on any atom is -0.323 e. The van der Waals surface area contributed by atoms with E-state index in [2.05, 4.69) is 15.6 Å². The zero-order valence-electron chi connectivity index (χ0n) is 19.4. The molecular formula is C28H25N3O2S2. The summed E-state index contributed by atoms with van der Waals surface area (Å²) in [6.07, 6.45) is 3.28. The van der Waals surface area contributed by atoms with E-state index >= 15 is 0 Å². The summed E-state index contributed by atoms with van der Waals surface area (Å²) >= 11 is 2.92. The Hall–Kier alpha value is -3.68. The zero-order chi connectivity index (χ0) is 24.6. The van der Waals surface area contributed by atoms with E-state index in [-0.39, 0.29) is 17.1 Å². The molecule has 0 radical (unpaired) electrons. The molecule has 7 heteroatoms. The third-order valence-electron chi connectivity index (χ3n) is 5.10. The average Bonchev–Trinajstić information content (AvgIpc) is 3.24. The number of carbonyl (C=O) groups is 2. The van der Waals surface area contributed by atoms with Gasteiger partial charge in [-0.25, -0.2) is 4.98 Å². The predicted octanol–water partition coefficient (Wildman–Crippen LogP) is 6.89. The van der Waals surface area contributed by atoms with E-state index in [4.69, 9.17) is 0 Å². The van der Waals surface area contributed by atoms with Gasteiger partial charge in [0.05, 0.1) is 10.9 Å². The number of hydrogen-bond acceptors (Lipinski definition) is 5. The van der Waals surface area contributed by atoms with Crippen molar-refractivity contribution in [2.24, 2.45) is 0 Å². The van der Waals surface area contributed by atoms with Crippen LogP contribution >= 0.6 is 23.1 Å². The Labute approximate surface area is 213 Å². The van der Waals surface area contributed by atoms with Crippen LogP contribution in [0.1, 0.15) is 17.4 Å². The SMILES string of the molecule is Cc1sc(NC(=O)C(C)Sc2ccc(NC(=O)/C=C/c3ccccc3)cc2)nc1-c1ccccc1. The molecule has 176 valence electrons. The Bertz CT molecular complexity index is 1320. The van der Waals surface area contributed by atoms with Crippen LogP contribution in [0.25, 0.3) is 17.3 Å². The summed E-state index contributed by atoms with van der Waals surface area (Å²) in [7, 11) is 0. The molecule has 2 N–H and O–H groups in total. The summed E-state index contributed by atoms with van der Waals surface area (Å²) in [5.41, 5.74) is 3.58. The van der Waals surface area contributed by atoms with E-state index < -0.39 is 0 Å². The number of nitrogens with one attached hydrogen (secondary N) is 2. The van der Waals surface area contributed by atoms with E-state index in [1.54, 1.807) is 6.08 Å². The predicted molar refractivity (Wildman–Crippen MR) is 147 cm³/mol.